The number of unbranched alkanes of at least 4 members (excludes halogenated alkanes) is 3. The van der Waals surface area contributed by atoms with Crippen molar-refractivity contribution in [1.29, 1.82) is 0 Å². The number of Topliss-reactive ketones (excluding diaryl/α,β-unsaturated/α-hetero) is 1. The molecule has 1 aliphatic rings. The molecule has 0 N–H and O–H groups in total. The lowest BCUT2D eigenvalue weighted by molar-refractivity contribution is -0.123. The zero-order valence-corrected chi connectivity index (χ0v) is 14.9. The molecule has 2 nitrogen and oxygen atoms in total. The summed E-state index contributed by atoms with van der Waals surface area (Å²) < 4.78 is 5.70. The van der Waals surface area contributed by atoms with Gasteiger partial charge in [0.25, 0.3) is 0 Å². The second-order valence-corrected chi connectivity index (χ2v) is 6.93. The Morgan fingerprint density at radius 2 is 1.74 bits per heavy atom. The Bertz CT molecular complexity index is 463. The zero-order chi connectivity index (χ0) is 16.5. The predicted octanol–water partition coefficient (Wildman–Crippen LogP) is 5.90. The van der Waals surface area contributed by atoms with Gasteiger partial charge in [0.15, 0.2) is 0 Å². The van der Waals surface area contributed by atoms with E-state index in [4.69, 9.17) is 4.74 Å². The van der Waals surface area contributed by atoms with E-state index in [1.165, 1.54) is 37.7 Å². The van der Waals surface area contributed by atoms with Crippen LogP contribution in [0.5, 0.6) is 5.75 Å². The second-order valence-electron chi connectivity index (χ2n) is 6.93. The van der Waals surface area contributed by atoms with Gasteiger partial charge in [-0.3, -0.25) is 4.79 Å². The number of hydrogen-bond donors (Lipinski definition) is 0. The summed E-state index contributed by atoms with van der Waals surface area (Å²) in [6, 6.07) is 8.21. The number of benzene rings is 1. The molecule has 1 fully saturated rings. The molecule has 0 radical (unpaired) electrons. The third-order valence-corrected chi connectivity index (χ3v) is 5.01. The van der Waals surface area contributed by atoms with E-state index in [0.717, 1.165) is 38.0 Å². The summed E-state index contributed by atoms with van der Waals surface area (Å²) in [5.41, 5.74) is 1.17. The average molecular weight is 316 g/mol. The van der Waals surface area contributed by atoms with Gasteiger partial charge in [0.1, 0.15) is 11.5 Å². The molecule has 0 heterocycles. The van der Waals surface area contributed by atoms with Crippen LogP contribution in [0.15, 0.2) is 24.3 Å². The molecule has 0 bridgehead atoms. The largest absolute Gasteiger partial charge is 0.494 e. The van der Waals surface area contributed by atoms with E-state index >= 15 is 0 Å². The molecule has 23 heavy (non-hydrogen) atoms. The minimum absolute atomic E-state index is 0.113. The Kier molecular flexibility index (Phi) is 7.64. The minimum Gasteiger partial charge on any atom is -0.494 e. The third kappa shape index (κ3) is 5.67. The quantitative estimate of drug-likeness (QED) is 0.530. The number of ketones is 1. The third-order valence-electron chi connectivity index (χ3n) is 5.01. The Morgan fingerprint density at radius 3 is 2.39 bits per heavy atom. The summed E-state index contributed by atoms with van der Waals surface area (Å²) in [5.74, 6) is 2.10. The van der Waals surface area contributed by atoms with Crippen LogP contribution in [0.2, 0.25) is 0 Å². The highest BCUT2D eigenvalue weighted by molar-refractivity contribution is 5.86. The van der Waals surface area contributed by atoms with Gasteiger partial charge in [-0.05, 0) is 42.9 Å². The molecule has 2 atom stereocenters. The van der Waals surface area contributed by atoms with Crippen LogP contribution in [-0.4, -0.2) is 12.4 Å². The van der Waals surface area contributed by atoms with Gasteiger partial charge in [-0.15, -0.1) is 0 Å². The highest BCUT2D eigenvalue weighted by Crippen LogP contribution is 2.35. The monoisotopic (exact) mass is 316 g/mol. The first-order chi connectivity index (χ1) is 11.2. The lowest BCUT2D eigenvalue weighted by Gasteiger charge is -2.27. The van der Waals surface area contributed by atoms with Gasteiger partial charge in [0.05, 0.1) is 6.61 Å². The molecule has 2 heteroatoms. The van der Waals surface area contributed by atoms with Gasteiger partial charge in [-0.25, -0.2) is 0 Å². The molecule has 0 saturated heterocycles. The highest BCUT2D eigenvalue weighted by atomic mass is 16.5. The van der Waals surface area contributed by atoms with Crippen molar-refractivity contribution in [3.8, 4) is 5.75 Å². The molecule has 0 aliphatic heterocycles. The number of carbonyl (C=O) groups is 1. The standard InChI is InChI=1S/C21H32O2/c1-3-5-7-8-17-9-14-20(21(22)16-17)18-10-12-19(13-11-18)23-15-6-4-2/h10-13,17,20H,3-9,14-16H2,1-2H3/t17-,20+/m0/s1. The molecule has 2 rings (SSSR count). The summed E-state index contributed by atoms with van der Waals surface area (Å²) >= 11 is 0. The molecule has 0 spiro atoms. The van der Waals surface area contributed by atoms with Crippen molar-refractivity contribution in [2.24, 2.45) is 5.92 Å². The smallest absolute Gasteiger partial charge is 0.140 e. The van der Waals surface area contributed by atoms with Crippen LogP contribution in [0, 0.1) is 5.92 Å². The van der Waals surface area contributed by atoms with Gasteiger partial charge in [-0.1, -0.05) is 58.1 Å². The van der Waals surface area contributed by atoms with Crippen LogP contribution >= 0.6 is 0 Å². The number of ether oxygens (including phenoxy) is 1. The molecule has 1 aromatic carbocycles. The molecule has 1 aromatic rings. The van der Waals surface area contributed by atoms with Crippen LogP contribution in [0.25, 0.3) is 0 Å². The van der Waals surface area contributed by atoms with Crippen molar-refractivity contribution < 1.29 is 9.53 Å². The summed E-state index contributed by atoms with van der Waals surface area (Å²) in [7, 11) is 0. The molecule has 0 unspecified atom stereocenters. The maximum absolute atomic E-state index is 12.5. The SMILES string of the molecule is CCCCC[C@H]1CC[C@H](c2ccc(OCCCC)cc2)C(=O)C1. The normalized spacial score (nSPS) is 21.4. The van der Waals surface area contributed by atoms with Gasteiger partial charge in [0, 0.05) is 12.3 Å². The van der Waals surface area contributed by atoms with Crippen molar-refractivity contribution >= 4 is 5.78 Å². The minimum atomic E-state index is 0.113. The first kappa shape index (κ1) is 18.0. The Balaban J connectivity index is 1.84. The molecule has 128 valence electrons. The fourth-order valence-electron chi connectivity index (χ4n) is 3.50. The van der Waals surface area contributed by atoms with Gasteiger partial charge >= 0.3 is 0 Å². The topological polar surface area (TPSA) is 26.3 Å². The van der Waals surface area contributed by atoms with Crippen molar-refractivity contribution in [2.45, 2.75) is 77.6 Å². The molecule has 1 saturated carbocycles. The van der Waals surface area contributed by atoms with Crippen molar-refractivity contribution in [3.05, 3.63) is 29.8 Å². The molecular weight excluding hydrogens is 284 g/mol. The van der Waals surface area contributed by atoms with Crippen LogP contribution in [0.3, 0.4) is 0 Å². The van der Waals surface area contributed by atoms with Crippen LogP contribution in [0.1, 0.15) is 83.1 Å². The Labute approximate surface area is 141 Å². The highest BCUT2D eigenvalue weighted by Gasteiger charge is 2.29. The maximum Gasteiger partial charge on any atom is 0.140 e. The van der Waals surface area contributed by atoms with Gasteiger partial charge < -0.3 is 4.74 Å². The van der Waals surface area contributed by atoms with E-state index < -0.39 is 0 Å². The van der Waals surface area contributed by atoms with Crippen molar-refractivity contribution in [1.82, 2.24) is 0 Å². The van der Waals surface area contributed by atoms with E-state index in [0.29, 0.717) is 11.7 Å². The van der Waals surface area contributed by atoms with E-state index in [1.54, 1.807) is 0 Å². The van der Waals surface area contributed by atoms with E-state index in [9.17, 15) is 4.79 Å². The van der Waals surface area contributed by atoms with Crippen molar-refractivity contribution in [2.75, 3.05) is 6.61 Å². The van der Waals surface area contributed by atoms with Crippen LogP contribution < -0.4 is 4.74 Å². The molecule has 0 aromatic heterocycles. The summed E-state index contributed by atoms with van der Waals surface area (Å²) in [6.45, 7) is 5.17. The van der Waals surface area contributed by atoms with E-state index in [-0.39, 0.29) is 5.92 Å². The number of hydrogen-bond acceptors (Lipinski definition) is 2. The number of carbonyl (C=O) groups excluding carboxylic acids is 1. The van der Waals surface area contributed by atoms with E-state index in [2.05, 4.69) is 26.0 Å². The van der Waals surface area contributed by atoms with Crippen LogP contribution in [0.4, 0.5) is 0 Å². The second kappa shape index (κ2) is 9.75. The predicted molar refractivity (Wildman–Crippen MR) is 96.1 cm³/mol. The Hall–Kier alpha value is -1.31. The van der Waals surface area contributed by atoms with E-state index in [1.807, 2.05) is 12.1 Å². The Morgan fingerprint density at radius 1 is 1.00 bits per heavy atom. The van der Waals surface area contributed by atoms with Gasteiger partial charge in [-0.2, -0.15) is 0 Å². The van der Waals surface area contributed by atoms with Crippen LogP contribution in [-0.2, 0) is 4.79 Å². The lowest BCUT2D eigenvalue weighted by atomic mass is 9.76. The fourth-order valence-corrected chi connectivity index (χ4v) is 3.50. The number of rotatable bonds is 9. The van der Waals surface area contributed by atoms with Crippen molar-refractivity contribution in [3.63, 3.8) is 0 Å². The molecule has 1 aliphatic carbocycles. The maximum atomic E-state index is 12.5. The summed E-state index contributed by atoms with van der Waals surface area (Å²) in [4.78, 5) is 12.5. The first-order valence-electron chi connectivity index (χ1n) is 9.50. The summed E-state index contributed by atoms with van der Waals surface area (Å²) in [6.07, 6.45) is 10.3. The molecule has 0 amide bonds. The fraction of sp³-hybridized carbons (Fsp3) is 0.667. The molecular formula is C21H32O2. The van der Waals surface area contributed by atoms with Gasteiger partial charge in [0.2, 0.25) is 0 Å². The first-order valence-corrected chi connectivity index (χ1v) is 9.50. The summed E-state index contributed by atoms with van der Waals surface area (Å²) in [5, 5.41) is 0. The zero-order valence-electron chi connectivity index (χ0n) is 14.9. The average Bonchev–Trinajstić information content (AvgIpc) is 2.56. The lowest BCUT2D eigenvalue weighted by Crippen LogP contribution is -2.23.